The third-order valence-corrected chi connectivity index (χ3v) is 2.31. The fourth-order valence-corrected chi connectivity index (χ4v) is 1.66. The smallest absolute Gasteiger partial charge is 0.126 e. The highest BCUT2D eigenvalue weighted by molar-refractivity contribution is 5.29. The van der Waals surface area contributed by atoms with E-state index in [1.165, 1.54) is 0 Å². The van der Waals surface area contributed by atoms with Crippen LogP contribution in [0.1, 0.15) is 17.5 Å². The maximum atomic E-state index is 13.2. The molecule has 1 heterocycles. The summed E-state index contributed by atoms with van der Waals surface area (Å²) in [6, 6.07) is 5.32. The van der Waals surface area contributed by atoms with Gasteiger partial charge in [0, 0.05) is 6.54 Å². The number of hydrogen-bond acceptors (Lipinski definition) is 1. The van der Waals surface area contributed by atoms with E-state index in [1.807, 2.05) is 6.07 Å². The Balaban J connectivity index is 2.42. The van der Waals surface area contributed by atoms with Gasteiger partial charge < -0.3 is 5.32 Å². The Labute approximate surface area is 71.6 Å². The van der Waals surface area contributed by atoms with E-state index in [4.69, 9.17) is 0 Å². The molecular formula is C10H12FN. The molecule has 0 fully saturated rings. The summed E-state index contributed by atoms with van der Waals surface area (Å²) in [5.74, 6) is -0.0452. The van der Waals surface area contributed by atoms with Gasteiger partial charge in [-0.15, -0.1) is 0 Å². The Morgan fingerprint density at radius 1 is 1.33 bits per heavy atom. The average Bonchev–Trinajstić information content (AvgIpc) is 2.30. The van der Waals surface area contributed by atoms with Gasteiger partial charge in [-0.25, -0.2) is 4.39 Å². The van der Waals surface area contributed by atoms with Crippen LogP contribution in [0.4, 0.5) is 4.39 Å². The molecule has 0 amide bonds. The minimum Gasteiger partial charge on any atom is -0.313 e. The van der Waals surface area contributed by atoms with E-state index in [2.05, 4.69) is 5.32 Å². The number of rotatable bonds is 0. The van der Waals surface area contributed by atoms with Gasteiger partial charge >= 0.3 is 0 Å². The third kappa shape index (κ3) is 1.34. The van der Waals surface area contributed by atoms with Gasteiger partial charge in [0.15, 0.2) is 0 Å². The monoisotopic (exact) mass is 165 g/mol. The van der Waals surface area contributed by atoms with Gasteiger partial charge in [0.05, 0.1) is 0 Å². The van der Waals surface area contributed by atoms with E-state index in [-0.39, 0.29) is 5.82 Å². The predicted octanol–water partition coefficient (Wildman–Crippen LogP) is 1.86. The molecule has 0 saturated carbocycles. The summed E-state index contributed by atoms with van der Waals surface area (Å²) in [4.78, 5) is 0. The lowest BCUT2D eigenvalue weighted by Gasteiger charge is -2.04. The van der Waals surface area contributed by atoms with Crippen LogP contribution in [0.15, 0.2) is 18.2 Å². The molecule has 0 saturated heterocycles. The lowest BCUT2D eigenvalue weighted by atomic mass is 10.0. The normalized spacial score (nSPS) is 16.8. The van der Waals surface area contributed by atoms with E-state index in [0.29, 0.717) is 0 Å². The van der Waals surface area contributed by atoms with Crippen LogP contribution in [0.5, 0.6) is 0 Å². The Kier molecular flexibility index (Phi) is 2.09. The van der Waals surface area contributed by atoms with Crippen LogP contribution in [0.2, 0.25) is 0 Å². The molecular weight excluding hydrogens is 153 g/mol. The maximum absolute atomic E-state index is 13.2. The highest BCUT2D eigenvalue weighted by atomic mass is 19.1. The van der Waals surface area contributed by atoms with Gasteiger partial charge in [0.2, 0.25) is 0 Å². The molecule has 64 valence electrons. The molecule has 0 aliphatic carbocycles. The molecule has 1 nitrogen and oxygen atoms in total. The van der Waals surface area contributed by atoms with Gasteiger partial charge in [-0.1, -0.05) is 12.1 Å². The highest BCUT2D eigenvalue weighted by Crippen LogP contribution is 2.17. The minimum atomic E-state index is -0.0452. The summed E-state index contributed by atoms with van der Waals surface area (Å²) in [7, 11) is 0. The van der Waals surface area contributed by atoms with Crippen molar-refractivity contribution in [3.8, 4) is 0 Å². The zero-order valence-corrected chi connectivity index (χ0v) is 6.94. The SMILES string of the molecule is Fc1cccc2c1CCCNC2. The lowest BCUT2D eigenvalue weighted by Crippen LogP contribution is -2.11. The number of benzene rings is 1. The van der Waals surface area contributed by atoms with Gasteiger partial charge in [-0.3, -0.25) is 0 Å². The summed E-state index contributed by atoms with van der Waals surface area (Å²) in [6.45, 7) is 1.81. The highest BCUT2D eigenvalue weighted by Gasteiger charge is 2.10. The first-order chi connectivity index (χ1) is 5.88. The van der Waals surface area contributed by atoms with Crippen molar-refractivity contribution in [3.63, 3.8) is 0 Å². The molecule has 2 heteroatoms. The van der Waals surface area contributed by atoms with Gasteiger partial charge in [0.1, 0.15) is 5.82 Å². The van der Waals surface area contributed by atoms with Crippen molar-refractivity contribution in [2.75, 3.05) is 6.54 Å². The molecule has 12 heavy (non-hydrogen) atoms. The Hall–Kier alpha value is -0.890. The predicted molar refractivity (Wildman–Crippen MR) is 46.4 cm³/mol. The second-order valence-electron chi connectivity index (χ2n) is 3.16. The van der Waals surface area contributed by atoms with Crippen molar-refractivity contribution in [2.45, 2.75) is 19.4 Å². The molecule has 0 radical (unpaired) electrons. The van der Waals surface area contributed by atoms with E-state index in [0.717, 1.165) is 37.1 Å². The molecule has 0 atom stereocenters. The van der Waals surface area contributed by atoms with Crippen molar-refractivity contribution in [1.82, 2.24) is 5.32 Å². The molecule has 1 N–H and O–H groups in total. The first-order valence-corrected chi connectivity index (χ1v) is 4.35. The second-order valence-corrected chi connectivity index (χ2v) is 3.16. The van der Waals surface area contributed by atoms with Gasteiger partial charge in [-0.2, -0.15) is 0 Å². The van der Waals surface area contributed by atoms with Crippen molar-refractivity contribution in [1.29, 1.82) is 0 Å². The second kappa shape index (κ2) is 3.23. The Bertz CT molecular complexity index is 283. The quantitative estimate of drug-likeness (QED) is 0.618. The topological polar surface area (TPSA) is 12.0 Å². The van der Waals surface area contributed by atoms with Gasteiger partial charge in [0.25, 0.3) is 0 Å². The summed E-state index contributed by atoms with van der Waals surface area (Å²) in [5.41, 5.74) is 2.02. The van der Waals surface area contributed by atoms with Crippen molar-refractivity contribution < 1.29 is 4.39 Å². The van der Waals surface area contributed by atoms with Crippen molar-refractivity contribution in [3.05, 3.63) is 35.1 Å². The van der Waals surface area contributed by atoms with E-state index >= 15 is 0 Å². The van der Waals surface area contributed by atoms with Crippen LogP contribution in [0.25, 0.3) is 0 Å². The summed E-state index contributed by atoms with van der Waals surface area (Å²) in [5, 5.41) is 3.26. The third-order valence-electron chi connectivity index (χ3n) is 2.31. The molecule has 0 aromatic heterocycles. The van der Waals surface area contributed by atoms with Crippen LogP contribution in [-0.4, -0.2) is 6.54 Å². The molecule has 0 unspecified atom stereocenters. The summed E-state index contributed by atoms with van der Waals surface area (Å²) >= 11 is 0. The van der Waals surface area contributed by atoms with Crippen molar-refractivity contribution >= 4 is 0 Å². The van der Waals surface area contributed by atoms with Crippen LogP contribution in [-0.2, 0) is 13.0 Å². The Morgan fingerprint density at radius 2 is 2.25 bits per heavy atom. The van der Waals surface area contributed by atoms with Crippen LogP contribution in [0.3, 0.4) is 0 Å². The molecule has 1 aromatic rings. The molecule has 1 aliphatic heterocycles. The van der Waals surface area contributed by atoms with Gasteiger partial charge in [-0.05, 0) is 36.6 Å². The lowest BCUT2D eigenvalue weighted by molar-refractivity contribution is 0.605. The van der Waals surface area contributed by atoms with Crippen LogP contribution >= 0.6 is 0 Å². The van der Waals surface area contributed by atoms with Crippen molar-refractivity contribution in [2.24, 2.45) is 0 Å². The zero-order chi connectivity index (χ0) is 8.39. The molecule has 1 aliphatic rings. The molecule has 0 spiro atoms. The fourth-order valence-electron chi connectivity index (χ4n) is 1.66. The minimum absolute atomic E-state index is 0.0452. The summed E-state index contributed by atoms with van der Waals surface area (Å²) in [6.07, 6.45) is 1.91. The van der Waals surface area contributed by atoms with E-state index in [9.17, 15) is 4.39 Å². The van der Waals surface area contributed by atoms with E-state index < -0.39 is 0 Å². The van der Waals surface area contributed by atoms with Crippen LogP contribution in [0, 0.1) is 5.82 Å². The number of nitrogens with one attached hydrogen (secondary N) is 1. The van der Waals surface area contributed by atoms with E-state index in [1.54, 1.807) is 12.1 Å². The fraction of sp³-hybridized carbons (Fsp3) is 0.400. The first kappa shape index (κ1) is 7.74. The largest absolute Gasteiger partial charge is 0.313 e. The standard InChI is InChI=1S/C10H12FN/c11-10-5-1-3-8-7-12-6-2-4-9(8)10/h1,3,5,12H,2,4,6-7H2. The molecule has 1 aromatic carbocycles. The Morgan fingerprint density at radius 3 is 3.17 bits per heavy atom. The van der Waals surface area contributed by atoms with Crippen LogP contribution < -0.4 is 5.32 Å². The average molecular weight is 165 g/mol. The number of hydrogen-bond donors (Lipinski definition) is 1. The maximum Gasteiger partial charge on any atom is 0.126 e. The first-order valence-electron chi connectivity index (χ1n) is 4.35. The molecule has 0 bridgehead atoms. The molecule has 2 rings (SSSR count). The summed E-state index contributed by atoms with van der Waals surface area (Å²) < 4.78 is 13.2. The number of halogens is 1. The number of fused-ring (bicyclic) bond motifs is 1. The zero-order valence-electron chi connectivity index (χ0n) is 6.94.